The van der Waals surface area contributed by atoms with Crippen LogP contribution < -0.4 is 10.9 Å². The van der Waals surface area contributed by atoms with Crippen LogP contribution in [-0.4, -0.2) is 33.8 Å². The number of aryl methyl sites for hydroxylation is 2. The van der Waals surface area contributed by atoms with E-state index < -0.39 is 16.1 Å². The van der Waals surface area contributed by atoms with Crippen LogP contribution in [0, 0.1) is 0 Å². The largest absolute Gasteiger partial charge is 0.341 e. The zero-order chi connectivity index (χ0) is 23.4. The Morgan fingerprint density at radius 2 is 1.79 bits per heavy atom. The molecule has 1 aliphatic carbocycles. The number of carbonyl (C=O) groups excluding carboxylic acids is 1. The van der Waals surface area contributed by atoms with Gasteiger partial charge in [-0.2, -0.15) is 3.71 Å². The van der Waals surface area contributed by atoms with Crippen molar-refractivity contribution in [3.63, 3.8) is 0 Å². The summed E-state index contributed by atoms with van der Waals surface area (Å²) < 4.78 is 27.6. The summed E-state index contributed by atoms with van der Waals surface area (Å²) in [4.78, 5) is 29.3. The third-order valence-corrected chi connectivity index (χ3v) is 8.24. The minimum atomic E-state index is -4.08. The maximum absolute atomic E-state index is 12.8. The molecule has 0 saturated heterocycles. The standard InChI is InChI=1S/C23H26N4O4S2/c28-22-20-8-4-5-9-21(20)24-16-26(22)15-14-17-10-12-19(13-11-17)33(30,31)27(32)23(29)25-18-6-2-1-3-7-18/h4-5,8-13,16,18,32H,1-3,6-7,14-15H2,(H,25,29). The number of nitrogens with one attached hydrogen (secondary N) is 1. The van der Waals surface area contributed by atoms with E-state index in [1.165, 1.54) is 23.0 Å². The van der Waals surface area contributed by atoms with Crippen molar-refractivity contribution >= 4 is 39.8 Å². The van der Waals surface area contributed by atoms with E-state index in [1.54, 1.807) is 30.3 Å². The molecule has 10 heteroatoms. The first-order valence-electron chi connectivity index (χ1n) is 10.9. The van der Waals surface area contributed by atoms with Gasteiger partial charge in [-0.15, -0.1) is 0 Å². The normalized spacial score (nSPS) is 14.8. The fourth-order valence-corrected chi connectivity index (χ4v) is 5.32. The molecule has 0 unspecified atom stereocenters. The maximum Gasteiger partial charge on any atom is 0.341 e. The van der Waals surface area contributed by atoms with E-state index in [9.17, 15) is 18.0 Å². The number of rotatable bonds is 6. The van der Waals surface area contributed by atoms with Crippen LogP contribution in [0.4, 0.5) is 4.79 Å². The molecule has 1 saturated carbocycles. The van der Waals surface area contributed by atoms with Crippen molar-refractivity contribution in [1.29, 1.82) is 0 Å². The van der Waals surface area contributed by atoms with Gasteiger partial charge in [-0.05, 0) is 61.9 Å². The van der Waals surface area contributed by atoms with Gasteiger partial charge < -0.3 is 5.32 Å². The first-order chi connectivity index (χ1) is 15.9. The molecule has 0 radical (unpaired) electrons. The molecule has 0 aliphatic heterocycles. The van der Waals surface area contributed by atoms with Crippen LogP contribution in [0.5, 0.6) is 0 Å². The van der Waals surface area contributed by atoms with E-state index >= 15 is 0 Å². The van der Waals surface area contributed by atoms with Crippen LogP contribution in [0.25, 0.3) is 10.9 Å². The number of thiol groups is 1. The molecular weight excluding hydrogens is 460 g/mol. The second-order valence-electron chi connectivity index (χ2n) is 8.19. The summed E-state index contributed by atoms with van der Waals surface area (Å²) in [6.07, 6.45) is 6.91. The fourth-order valence-electron chi connectivity index (χ4n) is 4.03. The molecule has 3 aromatic rings. The monoisotopic (exact) mass is 486 g/mol. The molecule has 1 N–H and O–H groups in total. The van der Waals surface area contributed by atoms with Gasteiger partial charge in [0.05, 0.1) is 22.1 Å². The number of fused-ring (bicyclic) bond motifs is 1. The van der Waals surface area contributed by atoms with Crippen molar-refractivity contribution in [3.05, 3.63) is 70.8 Å². The lowest BCUT2D eigenvalue weighted by molar-refractivity contribution is 0.229. The van der Waals surface area contributed by atoms with Crippen LogP contribution in [-0.2, 0) is 23.0 Å². The topological polar surface area (TPSA) is 101 Å². The van der Waals surface area contributed by atoms with Gasteiger partial charge in [0.1, 0.15) is 0 Å². The lowest BCUT2D eigenvalue weighted by atomic mass is 9.96. The smallest absolute Gasteiger partial charge is 0.334 e. The molecular formula is C23H26N4O4S2. The summed E-state index contributed by atoms with van der Waals surface area (Å²) in [6.45, 7) is 0.408. The second-order valence-corrected chi connectivity index (χ2v) is 10.6. The Balaban J connectivity index is 1.41. The summed E-state index contributed by atoms with van der Waals surface area (Å²) in [6, 6.07) is 12.7. The predicted molar refractivity (Wildman–Crippen MR) is 130 cm³/mol. The van der Waals surface area contributed by atoms with E-state index in [2.05, 4.69) is 23.1 Å². The Kier molecular flexibility index (Phi) is 7.04. The maximum atomic E-state index is 12.8. The molecule has 2 amide bonds. The molecule has 4 rings (SSSR count). The van der Waals surface area contributed by atoms with Gasteiger partial charge in [0, 0.05) is 12.6 Å². The number of nitrogens with zero attached hydrogens (tertiary/aromatic N) is 3. The first-order valence-corrected chi connectivity index (χ1v) is 12.8. The van der Waals surface area contributed by atoms with Crippen molar-refractivity contribution in [2.75, 3.05) is 0 Å². The average molecular weight is 487 g/mol. The fraction of sp³-hybridized carbons (Fsp3) is 0.348. The van der Waals surface area contributed by atoms with Gasteiger partial charge >= 0.3 is 6.03 Å². The zero-order valence-electron chi connectivity index (χ0n) is 18.1. The van der Waals surface area contributed by atoms with Crippen LogP contribution in [0.15, 0.2) is 64.5 Å². The molecule has 174 valence electrons. The summed E-state index contributed by atoms with van der Waals surface area (Å²) in [5.74, 6) is 0. The van der Waals surface area contributed by atoms with Gasteiger partial charge in [-0.1, -0.05) is 43.5 Å². The molecule has 1 heterocycles. The molecule has 1 aromatic heterocycles. The van der Waals surface area contributed by atoms with Crippen LogP contribution in [0.1, 0.15) is 37.7 Å². The Morgan fingerprint density at radius 3 is 2.52 bits per heavy atom. The number of carbonyl (C=O) groups is 1. The number of hydrogen-bond acceptors (Lipinski definition) is 6. The van der Waals surface area contributed by atoms with E-state index in [1.807, 2.05) is 6.07 Å². The van der Waals surface area contributed by atoms with Gasteiger partial charge in [-0.3, -0.25) is 9.36 Å². The average Bonchev–Trinajstić information content (AvgIpc) is 2.84. The van der Waals surface area contributed by atoms with E-state index in [4.69, 9.17) is 0 Å². The third-order valence-electron chi connectivity index (χ3n) is 5.93. The second kappa shape index (κ2) is 9.96. The Bertz CT molecular complexity index is 1300. The number of urea groups is 1. The number of para-hydroxylation sites is 1. The SMILES string of the molecule is O=C(NC1CCCCC1)N(S)S(=O)(=O)c1ccc(CCn2cnc3ccccc3c2=O)cc1. The van der Waals surface area contributed by atoms with Crippen LogP contribution in [0.2, 0.25) is 0 Å². The van der Waals surface area contributed by atoms with Gasteiger partial charge in [0.25, 0.3) is 15.6 Å². The van der Waals surface area contributed by atoms with E-state index in [0.29, 0.717) is 27.6 Å². The first kappa shape index (κ1) is 23.3. The molecule has 0 bridgehead atoms. The molecule has 1 fully saturated rings. The van der Waals surface area contributed by atoms with Crippen molar-refractivity contribution in [2.24, 2.45) is 0 Å². The summed E-state index contributed by atoms with van der Waals surface area (Å²) in [7, 11) is -4.08. The molecule has 0 atom stereocenters. The molecule has 1 aliphatic rings. The summed E-state index contributed by atoms with van der Waals surface area (Å²) in [5.41, 5.74) is 1.39. The molecule has 0 spiro atoms. The zero-order valence-corrected chi connectivity index (χ0v) is 19.8. The molecule has 8 nitrogen and oxygen atoms in total. The Hall–Kier alpha value is -2.85. The molecule has 33 heavy (non-hydrogen) atoms. The lowest BCUT2D eigenvalue weighted by Gasteiger charge is -2.25. The quantitative estimate of drug-likeness (QED) is 0.519. The number of aromatic nitrogens is 2. The Labute approximate surface area is 198 Å². The number of benzene rings is 2. The number of hydrogen-bond donors (Lipinski definition) is 2. The van der Waals surface area contributed by atoms with Crippen LogP contribution >= 0.6 is 12.8 Å². The van der Waals surface area contributed by atoms with Gasteiger partial charge in [-0.25, -0.2) is 18.2 Å². The minimum absolute atomic E-state index is 0.0218. The lowest BCUT2D eigenvalue weighted by Crippen LogP contribution is -2.43. The van der Waals surface area contributed by atoms with Crippen molar-refractivity contribution in [1.82, 2.24) is 18.6 Å². The molecule has 2 aromatic carbocycles. The number of sulfonamides is 1. The van der Waals surface area contributed by atoms with Crippen molar-refractivity contribution < 1.29 is 13.2 Å². The highest BCUT2D eigenvalue weighted by molar-refractivity contribution is 8.00. The summed E-state index contributed by atoms with van der Waals surface area (Å²) >= 11 is 3.96. The minimum Gasteiger partial charge on any atom is -0.334 e. The Morgan fingerprint density at radius 1 is 1.09 bits per heavy atom. The number of amides is 2. The summed E-state index contributed by atoms with van der Waals surface area (Å²) in [5, 5.41) is 3.31. The van der Waals surface area contributed by atoms with E-state index in [-0.39, 0.29) is 16.5 Å². The van der Waals surface area contributed by atoms with Crippen LogP contribution in [0.3, 0.4) is 0 Å². The van der Waals surface area contributed by atoms with Crippen molar-refractivity contribution in [2.45, 2.75) is 56.0 Å². The van der Waals surface area contributed by atoms with Gasteiger partial charge in [0.15, 0.2) is 0 Å². The van der Waals surface area contributed by atoms with Gasteiger partial charge in [0.2, 0.25) is 0 Å². The van der Waals surface area contributed by atoms with E-state index in [0.717, 1.165) is 37.7 Å². The highest BCUT2D eigenvalue weighted by Crippen LogP contribution is 2.21. The third kappa shape index (κ3) is 5.22. The van der Waals surface area contributed by atoms with Crippen molar-refractivity contribution in [3.8, 4) is 0 Å². The predicted octanol–water partition coefficient (Wildman–Crippen LogP) is 3.52. The highest BCUT2D eigenvalue weighted by Gasteiger charge is 2.28. The highest BCUT2D eigenvalue weighted by atomic mass is 32.3.